The molecule has 6 heteroatoms. The average Bonchev–Trinajstić information content (AvgIpc) is 3.22. The van der Waals surface area contributed by atoms with E-state index in [0.717, 1.165) is 80.3 Å². The van der Waals surface area contributed by atoms with E-state index in [0.29, 0.717) is 5.56 Å². The van der Waals surface area contributed by atoms with Crippen LogP contribution in [-0.4, -0.2) is 51.4 Å². The van der Waals surface area contributed by atoms with Gasteiger partial charge < -0.3 is 9.88 Å². The van der Waals surface area contributed by atoms with Crippen LogP contribution in [0.25, 0.3) is 11.0 Å². The van der Waals surface area contributed by atoms with Crippen molar-refractivity contribution < 1.29 is 4.79 Å². The predicted octanol–water partition coefficient (Wildman–Crippen LogP) is 5.32. The van der Waals surface area contributed by atoms with E-state index in [4.69, 9.17) is 4.98 Å². The molecule has 186 valence electrons. The second-order valence-electron chi connectivity index (χ2n) is 9.69. The van der Waals surface area contributed by atoms with Crippen molar-refractivity contribution in [1.82, 2.24) is 19.4 Å². The molecule has 2 heterocycles. The van der Waals surface area contributed by atoms with Crippen LogP contribution in [-0.2, 0) is 19.6 Å². The fraction of sp³-hybridized carbons (Fsp3) is 0.333. The smallest absolute Gasteiger partial charge is 0.255 e. The van der Waals surface area contributed by atoms with Crippen molar-refractivity contribution >= 4 is 22.6 Å². The summed E-state index contributed by atoms with van der Waals surface area (Å²) < 4.78 is 2.35. The predicted molar refractivity (Wildman–Crippen MR) is 146 cm³/mol. The quantitative estimate of drug-likeness (QED) is 0.370. The maximum atomic E-state index is 12.8. The zero-order chi connectivity index (χ0) is 24.9. The van der Waals surface area contributed by atoms with Crippen molar-refractivity contribution in [1.29, 1.82) is 0 Å². The molecule has 5 rings (SSSR count). The van der Waals surface area contributed by atoms with Gasteiger partial charge in [-0.3, -0.25) is 14.6 Å². The van der Waals surface area contributed by atoms with E-state index >= 15 is 0 Å². The second kappa shape index (κ2) is 11.1. The van der Waals surface area contributed by atoms with Gasteiger partial charge in [-0.05, 0) is 48.7 Å². The highest BCUT2D eigenvalue weighted by atomic mass is 16.1. The van der Waals surface area contributed by atoms with Gasteiger partial charge in [0.1, 0.15) is 5.82 Å². The molecule has 0 bridgehead atoms. The van der Waals surface area contributed by atoms with Crippen LogP contribution in [0.5, 0.6) is 0 Å². The van der Waals surface area contributed by atoms with Gasteiger partial charge in [0.25, 0.3) is 5.91 Å². The maximum Gasteiger partial charge on any atom is 0.255 e. The minimum absolute atomic E-state index is 0.0889. The molecule has 0 atom stereocenters. The Balaban J connectivity index is 1.28. The van der Waals surface area contributed by atoms with Crippen LogP contribution >= 0.6 is 0 Å². The number of nitrogens with one attached hydrogen (secondary N) is 1. The standard InChI is InChI=1S/C30H35N5O/c1-3-15-35-28-14-13-25(31-30(36)26-12-8-7-9-23(26)2)20-27(28)32-29(35)22-34-18-16-33(17-19-34)21-24-10-5-4-6-11-24/h4-14,20H,3,15-19,21-22H2,1-2H3,(H,31,36). The molecule has 1 fully saturated rings. The summed E-state index contributed by atoms with van der Waals surface area (Å²) in [6.07, 6.45) is 1.05. The highest BCUT2D eigenvalue weighted by Gasteiger charge is 2.20. The molecule has 3 aromatic carbocycles. The average molecular weight is 482 g/mol. The van der Waals surface area contributed by atoms with Crippen LogP contribution in [0.15, 0.2) is 72.8 Å². The topological polar surface area (TPSA) is 53.4 Å². The van der Waals surface area contributed by atoms with Gasteiger partial charge in [0, 0.05) is 50.5 Å². The zero-order valence-corrected chi connectivity index (χ0v) is 21.3. The van der Waals surface area contributed by atoms with Crippen LogP contribution < -0.4 is 5.32 Å². The maximum absolute atomic E-state index is 12.8. The number of rotatable bonds is 8. The van der Waals surface area contributed by atoms with Crippen molar-refractivity contribution in [2.75, 3.05) is 31.5 Å². The Hall–Kier alpha value is -3.48. The van der Waals surface area contributed by atoms with Crippen molar-refractivity contribution in [3.63, 3.8) is 0 Å². The number of carbonyl (C=O) groups is 1. The number of fused-ring (bicyclic) bond motifs is 1. The number of benzene rings is 3. The van der Waals surface area contributed by atoms with E-state index in [9.17, 15) is 4.79 Å². The summed E-state index contributed by atoms with van der Waals surface area (Å²) in [4.78, 5) is 22.9. The normalized spacial score (nSPS) is 14.8. The molecule has 0 aliphatic carbocycles. The summed E-state index contributed by atoms with van der Waals surface area (Å²) in [6, 6.07) is 24.4. The van der Waals surface area contributed by atoms with E-state index in [-0.39, 0.29) is 5.91 Å². The lowest BCUT2D eigenvalue weighted by Gasteiger charge is -2.34. The number of piperazine rings is 1. The van der Waals surface area contributed by atoms with Crippen molar-refractivity contribution in [2.24, 2.45) is 0 Å². The van der Waals surface area contributed by atoms with E-state index < -0.39 is 0 Å². The molecule has 0 radical (unpaired) electrons. The Bertz CT molecular complexity index is 1320. The van der Waals surface area contributed by atoms with Crippen LogP contribution in [0, 0.1) is 6.92 Å². The van der Waals surface area contributed by atoms with Crippen LogP contribution in [0.4, 0.5) is 5.69 Å². The van der Waals surface area contributed by atoms with Crippen molar-refractivity contribution in [2.45, 2.75) is 39.9 Å². The molecule has 1 aromatic heterocycles. The molecule has 1 saturated heterocycles. The molecule has 1 N–H and O–H groups in total. The van der Waals surface area contributed by atoms with Gasteiger partial charge in [0.15, 0.2) is 0 Å². The van der Waals surface area contributed by atoms with E-state index in [1.165, 1.54) is 5.56 Å². The third-order valence-electron chi connectivity index (χ3n) is 7.00. The summed E-state index contributed by atoms with van der Waals surface area (Å²) in [5.41, 5.74) is 5.88. The molecular weight excluding hydrogens is 446 g/mol. The lowest BCUT2D eigenvalue weighted by molar-refractivity contribution is 0.102. The monoisotopic (exact) mass is 481 g/mol. The molecular formula is C30H35N5O. The fourth-order valence-corrected chi connectivity index (χ4v) is 5.02. The third-order valence-corrected chi connectivity index (χ3v) is 7.00. The first kappa shape index (κ1) is 24.2. The lowest BCUT2D eigenvalue weighted by atomic mass is 10.1. The Labute approximate surface area is 213 Å². The molecule has 36 heavy (non-hydrogen) atoms. The van der Waals surface area contributed by atoms with E-state index in [1.54, 1.807) is 0 Å². The molecule has 1 amide bonds. The first-order valence-electron chi connectivity index (χ1n) is 13.0. The van der Waals surface area contributed by atoms with E-state index in [1.807, 2.05) is 43.3 Å². The second-order valence-corrected chi connectivity index (χ2v) is 9.69. The zero-order valence-electron chi connectivity index (χ0n) is 21.3. The molecule has 6 nitrogen and oxygen atoms in total. The molecule has 0 unspecified atom stereocenters. The summed E-state index contributed by atoms with van der Waals surface area (Å²) in [6.45, 7) is 11.2. The number of amides is 1. The highest BCUT2D eigenvalue weighted by molar-refractivity contribution is 6.05. The first-order valence-corrected chi connectivity index (χ1v) is 13.0. The summed E-state index contributed by atoms with van der Waals surface area (Å²) in [5.74, 6) is 1.01. The minimum Gasteiger partial charge on any atom is -0.327 e. The number of carbonyl (C=O) groups excluding carboxylic acids is 1. The van der Waals surface area contributed by atoms with Gasteiger partial charge in [0.05, 0.1) is 17.6 Å². The number of hydrogen-bond acceptors (Lipinski definition) is 4. The lowest BCUT2D eigenvalue weighted by Crippen LogP contribution is -2.45. The number of imidazole rings is 1. The van der Waals surface area contributed by atoms with Crippen molar-refractivity contribution in [3.8, 4) is 0 Å². The van der Waals surface area contributed by atoms with Crippen molar-refractivity contribution in [3.05, 3.63) is 95.3 Å². The van der Waals surface area contributed by atoms with Gasteiger partial charge in [-0.15, -0.1) is 0 Å². The Morgan fingerprint density at radius 1 is 0.889 bits per heavy atom. The summed E-state index contributed by atoms with van der Waals surface area (Å²) in [7, 11) is 0. The molecule has 1 aliphatic rings. The van der Waals surface area contributed by atoms with Gasteiger partial charge in [0.2, 0.25) is 0 Å². The van der Waals surface area contributed by atoms with E-state index in [2.05, 4.69) is 63.0 Å². The number of anilines is 1. The molecule has 1 aliphatic heterocycles. The Kier molecular flexibility index (Phi) is 7.44. The highest BCUT2D eigenvalue weighted by Crippen LogP contribution is 2.23. The van der Waals surface area contributed by atoms with Gasteiger partial charge >= 0.3 is 0 Å². The Morgan fingerprint density at radius 3 is 2.31 bits per heavy atom. The largest absolute Gasteiger partial charge is 0.327 e. The Morgan fingerprint density at radius 2 is 1.58 bits per heavy atom. The summed E-state index contributed by atoms with van der Waals surface area (Å²) >= 11 is 0. The number of aryl methyl sites for hydroxylation is 2. The minimum atomic E-state index is -0.0889. The van der Waals surface area contributed by atoms with Crippen LogP contribution in [0.1, 0.15) is 40.7 Å². The van der Waals surface area contributed by atoms with Gasteiger partial charge in [-0.25, -0.2) is 4.98 Å². The molecule has 4 aromatic rings. The van der Waals surface area contributed by atoms with Gasteiger partial charge in [-0.1, -0.05) is 55.5 Å². The number of nitrogens with zero attached hydrogens (tertiary/aromatic N) is 4. The molecule has 0 saturated carbocycles. The van der Waals surface area contributed by atoms with Gasteiger partial charge in [-0.2, -0.15) is 0 Å². The summed E-state index contributed by atoms with van der Waals surface area (Å²) in [5, 5.41) is 3.05. The number of hydrogen-bond donors (Lipinski definition) is 1. The first-order chi connectivity index (χ1) is 17.6. The van der Waals surface area contributed by atoms with Crippen LogP contribution in [0.3, 0.4) is 0 Å². The SMILES string of the molecule is CCCn1c(CN2CCN(Cc3ccccc3)CC2)nc2cc(NC(=O)c3ccccc3C)ccc21. The van der Waals surface area contributed by atoms with Crippen LogP contribution in [0.2, 0.25) is 0 Å². The fourth-order valence-electron chi connectivity index (χ4n) is 5.02. The molecule has 0 spiro atoms. The third kappa shape index (κ3) is 5.50. The number of aromatic nitrogens is 2.